The van der Waals surface area contributed by atoms with Gasteiger partial charge in [0.25, 0.3) is 6.43 Å². The van der Waals surface area contributed by atoms with Crippen LogP contribution < -0.4 is 15.2 Å². The zero-order valence-corrected chi connectivity index (χ0v) is 10.2. The van der Waals surface area contributed by atoms with Crippen LogP contribution in [0.1, 0.15) is 24.5 Å². The molecule has 96 valence electrons. The fraction of sp³-hybridized carbons (Fsp3) is 0.500. The number of rotatable bonds is 5. The second-order valence-corrected chi connectivity index (χ2v) is 3.89. The molecular formula is C12H17F2NO2. The zero-order valence-electron chi connectivity index (χ0n) is 10.2. The van der Waals surface area contributed by atoms with Crippen molar-refractivity contribution >= 4 is 0 Å². The highest BCUT2D eigenvalue weighted by atomic mass is 19.3. The van der Waals surface area contributed by atoms with Crippen molar-refractivity contribution in [1.82, 2.24) is 0 Å². The molecule has 5 heteroatoms. The topological polar surface area (TPSA) is 44.5 Å². The number of hydrogen-bond donors (Lipinski definition) is 1. The van der Waals surface area contributed by atoms with Gasteiger partial charge in [-0.1, -0.05) is 0 Å². The van der Waals surface area contributed by atoms with Crippen LogP contribution >= 0.6 is 0 Å². The Morgan fingerprint density at radius 1 is 1.18 bits per heavy atom. The SMILES string of the molecule is COc1cc(OC)c(C(F)F)cc1CC(C)N. The van der Waals surface area contributed by atoms with Crippen molar-refractivity contribution in [2.45, 2.75) is 25.8 Å². The Bertz CT molecular complexity index is 381. The molecule has 3 nitrogen and oxygen atoms in total. The Labute approximate surface area is 99.5 Å². The second kappa shape index (κ2) is 5.82. The maximum absolute atomic E-state index is 12.8. The molecule has 0 bridgehead atoms. The number of methoxy groups -OCH3 is 2. The molecule has 0 aliphatic rings. The number of nitrogens with two attached hydrogens (primary N) is 1. The molecule has 1 rings (SSSR count). The van der Waals surface area contributed by atoms with E-state index in [1.807, 2.05) is 6.92 Å². The normalized spacial score (nSPS) is 12.6. The van der Waals surface area contributed by atoms with E-state index in [1.165, 1.54) is 26.4 Å². The number of benzene rings is 1. The van der Waals surface area contributed by atoms with Gasteiger partial charge in [0, 0.05) is 12.1 Å². The van der Waals surface area contributed by atoms with E-state index in [4.69, 9.17) is 15.2 Å². The molecule has 0 spiro atoms. The first-order valence-corrected chi connectivity index (χ1v) is 5.28. The summed E-state index contributed by atoms with van der Waals surface area (Å²) in [5.41, 5.74) is 6.20. The van der Waals surface area contributed by atoms with Gasteiger partial charge in [0.05, 0.1) is 19.8 Å². The van der Waals surface area contributed by atoms with E-state index in [0.717, 1.165) is 0 Å². The van der Waals surface area contributed by atoms with Crippen LogP contribution in [-0.2, 0) is 6.42 Å². The Morgan fingerprint density at radius 2 is 1.76 bits per heavy atom. The lowest BCUT2D eigenvalue weighted by Gasteiger charge is -2.15. The van der Waals surface area contributed by atoms with E-state index >= 15 is 0 Å². The molecule has 0 heterocycles. The highest BCUT2D eigenvalue weighted by Gasteiger charge is 2.18. The van der Waals surface area contributed by atoms with Gasteiger partial charge < -0.3 is 15.2 Å². The molecule has 0 aromatic heterocycles. The van der Waals surface area contributed by atoms with Gasteiger partial charge in [-0.15, -0.1) is 0 Å². The van der Waals surface area contributed by atoms with Crippen LogP contribution in [0.2, 0.25) is 0 Å². The molecular weight excluding hydrogens is 228 g/mol. The minimum absolute atomic E-state index is 0.122. The lowest BCUT2D eigenvalue weighted by Crippen LogP contribution is -2.18. The second-order valence-electron chi connectivity index (χ2n) is 3.89. The van der Waals surface area contributed by atoms with Gasteiger partial charge >= 0.3 is 0 Å². The highest BCUT2D eigenvalue weighted by molar-refractivity contribution is 5.47. The van der Waals surface area contributed by atoms with Crippen LogP contribution in [0.4, 0.5) is 8.78 Å². The first-order chi connectivity index (χ1) is 7.99. The van der Waals surface area contributed by atoms with Crippen LogP contribution in [0.3, 0.4) is 0 Å². The van der Waals surface area contributed by atoms with E-state index in [-0.39, 0.29) is 17.4 Å². The lowest BCUT2D eigenvalue weighted by atomic mass is 10.0. The van der Waals surface area contributed by atoms with E-state index in [9.17, 15) is 8.78 Å². The molecule has 1 aromatic carbocycles. The summed E-state index contributed by atoms with van der Waals surface area (Å²) in [4.78, 5) is 0. The van der Waals surface area contributed by atoms with Crippen molar-refractivity contribution in [3.05, 3.63) is 23.3 Å². The third kappa shape index (κ3) is 3.30. The van der Waals surface area contributed by atoms with Crippen molar-refractivity contribution in [3.8, 4) is 11.5 Å². The van der Waals surface area contributed by atoms with Gasteiger partial charge in [-0.2, -0.15) is 0 Å². The molecule has 0 amide bonds. The third-order valence-corrected chi connectivity index (χ3v) is 2.41. The van der Waals surface area contributed by atoms with Gasteiger partial charge in [-0.05, 0) is 25.0 Å². The van der Waals surface area contributed by atoms with Crippen LogP contribution in [0.5, 0.6) is 11.5 Å². The summed E-state index contributed by atoms with van der Waals surface area (Å²) >= 11 is 0. The monoisotopic (exact) mass is 245 g/mol. The molecule has 1 atom stereocenters. The predicted molar refractivity (Wildman–Crippen MR) is 61.9 cm³/mol. The Balaban J connectivity index is 3.23. The van der Waals surface area contributed by atoms with Gasteiger partial charge in [-0.3, -0.25) is 0 Å². The predicted octanol–water partition coefficient (Wildman–Crippen LogP) is 2.53. The summed E-state index contributed by atoms with van der Waals surface area (Å²) in [6.45, 7) is 1.81. The van der Waals surface area contributed by atoms with Crippen LogP contribution in [0, 0.1) is 0 Å². The number of halogens is 2. The third-order valence-electron chi connectivity index (χ3n) is 2.41. The molecule has 2 N–H and O–H groups in total. The Morgan fingerprint density at radius 3 is 2.18 bits per heavy atom. The zero-order chi connectivity index (χ0) is 13.0. The Hall–Kier alpha value is -1.36. The molecule has 0 aliphatic heterocycles. The van der Waals surface area contributed by atoms with Crippen LogP contribution in [0.15, 0.2) is 12.1 Å². The van der Waals surface area contributed by atoms with Crippen molar-refractivity contribution in [3.63, 3.8) is 0 Å². The number of hydrogen-bond acceptors (Lipinski definition) is 3. The van der Waals surface area contributed by atoms with Crippen molar-refractivity contribution in [2.24, 2.45) is 5.73 Å². The fourth-order valence-corrected chi connectivity index (χ4v) is 1.67. The first kappa shape index (κ1) is 13.7. The summed E-state index contributed by atoms with van der Waals surface area (Å²) < 4.78 is 35.7. The maximum Gasteiger partial charge on any atom is 0.267 e. The summed E-state index contributed by atoms with van der Waals surface area (Å²) in [6, 6.07) is 2.74. The fourth-order valence-electron chi connectivity index (χ4n) is 1.67. The van der Waals surface area contributed by atoms with Gasteiger partial charge in [0.1, 0.15) is 11.5 Å². The van der Waals surface area contributed by atoms with Crippen molar-refractivity contribution < 1.29 is 18.3 Å². The van der Waals surface area contributed by atoms with E-state index in [0.29, 0.717) is 17.7 Å². The maximum atomic E-state index is 12.8. The van der Waals surface area contributed by atoms with E-state index in [2.05, 4.69) is 0 Å². The summed E-state index contributed by atoms with van der Waals surface area (Å²) in [7, 11) is 2.84. The average molecular weight is 245 g/mol. The summed E-state index contributed by atoms with van der Waals surface area (Å²) in [6.07, 6.45) is -2.10. The largest absolute Gasteiger partial charge is 0.496 e. The standard InChI is InChI=1S/C12H17F2NO2/c1-7(15)4-8-5-9(12(13)14)11(17-3)6-10(8)16-2/h5-7,12H,4,15H2,1-3H3. The molecule has 0 radical (unpaired) electrons. The van der Waals surface area contributed by atoms with Crippen LogP contribution in [-0.4, -0.2) is 20.3 Å². The molecule has 1 unspecified atom stereocenters. The molecule has 0 saturated heterocycles. The van der Waals surface area contributed by atoms with E-state index in [1.54, 1.807) is 0 Å². The Kier molecular flexibility index (Phi) is 4.69. The smallest absolute Gasteiger partial charge is 0.267 e. The highest BCUT2D eigenvalue weighted by Crippen LogP contribution is 2.35. The summed E-state index contributed by atoms with van der Waals surface area (Å²) in [5, 5.41) is 0. The molecule has 0 fully saturated rings. The van der Waals surface area contributed by atoms with Gasteiger partial charge in [0.15, 0.2) is 0 Å². The minimum atomic E-state index is -2.58. The first-order valence-electron chi connectivity index (χ1n) is 5.28. The van der Waals surface area contributed by atoms with Crippen molar-refractivity contribution in [2.75, 3.05) is 14.2 Å². The van der Waals surface area contributed by atoms with Crippen LogP contribution in [0.25, 0.3) is 0 Å². The van der Waals surface area contributed by atoms with Crippen molar-refractivity contribution in [1.29, 1.82) is 0 Å². The molecule has 1 aromatic rings. The van der Waals surface area contributed by atoms with Gasteiger partial charge in [-0.25, -0.2) is 8.78 Å². The average Bonchev–Trinajstić information content (AvgIpc) is 2.27. The minimum Gasteiger partial charge on any atom is -0.496 e. The summed E-state index contributed by atoms with van der Waals surface area (Å²) in [5.74, 6) is 0.647. The van der Waals surface area contributed by atoms with Gasteiger partial charge in [0.2, 0.25) is 0 Å². The molecule has 0 aliphatic carbocycles. The number of alkyl halides is 2. The number of ether oxygens (including phenoxy) is 2. The lowest BCUT2D eigenvalue weighted by molar-refractivity contribution is 0.147. The molecule has 17 heavy (non-hydrogen) atoms. The molecule has 0 saturated carbocycles. The van der Waals surface area contributed by atoms with E-state index < -0.39 is 6.43 Å². The quantitative estimate of drug-likeness (QED) is 0.867.